The highest BCUT2D eigenvalue weighted by atomic mass is 32.2. The molecule has 2 aromatic heterocycles. The summed E-state index contributed by atoms with van der Waals surface area (Å²) in [5, 5.41) is 10.5. The molecule has 0 bridgehead atoms. The van der Waals surface area contributed by atoms with E-state index in [4.69, 9.17) is 4.42 Å². The van der Waals surface area contributed by atoms with Crippen LogP contribution in [0, 0.1) is 0 Å². The number of anilines is 1. The first-order chi connectivity index (χ1) is 13.3. The summed E-state index contributed by atoms with van der Waals surface area (Å²) in [4.78, 5) is 12.4. The summed E-state index contributed by atoms with van der Waals surface area (Å²) < 4.78 is 47.4. The van der Waals surface area contributed by atoms with Crippen molar-refractivity contribution >= 4 is 23.4 Å². The van der Waals surface area contributed by atoms with Crippen molar-refractivity contribution in [3.05, 3.63) is 54.7 Å². The number of ether oxygens (including phenoxy) is 1. The fourth-order valence-electron chi connectivity index (χ4n) is 2.21. The summed E-state index contributed by atoms with van der Waals surface area (Å²) in [6, 6.07) is 8.50. The number of alkyl halides is 3. The summed E-state index contributed by atoms with van der Waals surface area (Å²) in [5.74, 6) is 0.0286. The van der Waals surface area contributed by atoms with Crippen molar-refractivity contribution in [1.29, 1.82) is 0 Å². The highest BCUT2D eigenvalue weighted by Gasteiger charge is 2.31. The lowest BCUT2D eigenvalue weighted by Gasteiger charge is -2.13. The van der Waals surface area contributed by atoms with Crippen LogP contribution in [0.4, 0.5) is 18.9 Å². The fraction of sp³-hybridized carbons (Fsp3) is 0.235. The van der Waals surface area contributed by atoms with Gasteiger partial charge in [-0.25, -0.2) is 0 Å². The average Bonchev–Trinajstić information content (AvgIpc) is 3.28. The van der Waals surface area contributed by atoms with Crippen molar-refractivity contribution in [1.82, 2.24) is 14.8 Å². The van der Waals surface area contributed by atoms with Crippen LogP contribution in [0.1, 0.15) is 12.7 Å². The third-order valence-electron chi connectivity index (χ3n) is 3.49. The van der Waals surface area contributed by atoms with E-state index in [1.165, 1.54) is 30.2 Å². The van der Waals surface area contributed by atoms with Crippen molar-refractivity contribution < 1.29 is 27.1 Å². The highest BCUT2D eigenvalue weighted by Crippen LogP contribution is 2.26. The Hall–Kier alpha value is -2.95. The Kier molecular flexibility index (Phi) is 5.93. The van der Waals surface area contributed by atoms with Crippen LogP contribution in [0.25, 0.3) is 0 Å². The molecule has 1 amide bonds. The van der Waals surface area contributed by atoms with E-state index in [2.05, 4.69) is 20.3 Å². The number of hydrogen-bond acceptors (Lipinski definition) is 6. The highest BCUT2D eigenvalue weighted by molar-refractivity contribution is 8.00. The van der Waals surface area contributed by atoms with Gasteiger partial charge in [-0.2, -0.15) is 0 Å². The lowest BCUT2D eigenvalue weighted by molar-refractivity contribution is -0.274. The van der Waals surface area contributed by atoms with E-state index in [0.717, 1.165) is 17.9 Å². The summed E-state index contributed by atoms with van der Waals surface area (Å²) in [6.45, 7) is 2.12. The molecule has 1 atom stereocenters. The van der Waals surface area contributed by atoms with E-state index in [1.807, 2.05) is 6.07 Å². The zero-order valence-electron chi connectivity index (χ0n) is 14.5. The van der Waals surface area contributed by atoms with Gasteiger partial charge >= 0.3 is 6.36 Å². The molecule has 0 aliphatic carbocycles. The van der Waals surface area contributed by atoms with Crippen LogP contribution in [0.2, 0.25) is 0 Å². The molecule has 0 aliphatic heterocycles. The van der Waals surface area contributed by atoms with E-state index < -0.39 is 11.6 Å². The summed E-state index contributed by atoms with van der Waals surface area (Å²) in [6.07, 6.45) is -1.66. The second-order valence-electron chi connectivity index (χ2n) is 5.64. The number of rotatable bonds is 7. The van der Waals surface area contributed by atoms with Gasteiger partial charge in [0.2, 0.25) is 5.91 Å². The Balaban J connectivity index is 1.57. The Morgan fingerprint density at radius 1 is 1.32 bits per heavy atom. The number of amides is 1. The van der Waals surface area contributed by atoms with Crippen LogP contribution < -0.4 is 10.1 Å². The molecule has 3 aromatic rings. The average molecular weight is 412 g/mol. The number of carbonyl (C=O) groups excluding carboxylic acids is 1. The minimum atomic E-state index is -4.76. The predicted octanol–water partition coefficient (Wildman–Crippen LogP) is 3.94. The molecule has 7 nitrogen and oxygen atoms in total. The first-order valence-electron chi connectivity index (χ1n) is 8.04. The van der Waals surface area contributed by atoms with Crippen LogP contribution in [0.15, 0.2) is 58.6 Å². The largest absolute Gasteiger partial charge is 0.573 e. The van der Waals surface area contributed by atoms with Crippen molar-refractivity contribution in [2.45, 2.75) is 30.2 Å². The van der Waals surface area contributed by atoms with Crippen LogP contribution >= 0.6 is 11.8 Å². The van der Waals surface area contributed by atoms with Gasteiger partial charge in [-0.05, 0) is 43.3 Å². The van der Waals surface area contributed by atoms with E-state index in [0.29, 0.717) is 17.4 Å². The molecular formula is C17H15F3N4O3S. The number of halogens is 3. The number of aromatic nitrogens is 3. The van der Waals surface area contributed by atoms with Crippen molar-refractivity contribution in [2.75, 3.05) is 5.32 Å². The lowest BCUT2D eigenvalue weighted by atomic mass is 10.3. The molecule has 0 saturated carbocycles. The number of carbonyl (C=O) groups is 1. The summed E-state index contributed by atoms with van der Waals surface area (Å²) in [5.41, 5.74) is 0.351. The molecule has 11 heteroatoms. The lowest BCUT2D eigenvalue weighted by Crippen LogP contribution is -2.23. The Morgan fingerprint density at radius 2 is 2.07 bits per heavy atom. The van der Waals surface area contributed by atoms with E-state index in [-0.39, 0.29) is 11.7 Å². The number of nitrogens with zero attached hydrogens (tertiary/aromatic N) is 3. The number of thioether (sulfide) groups is 1. The molecule has 28 heavy (non-hydrogen) atoms. The quantitative estimate of drug-likeness (QED) is 0.592. The molecular weight excluding hydrogens is 397 g/mol. The third kappa shape index (κ3) is 5.52. The number of nitrogens with one attached hydrogen (secondary N) is 1. The topological polar surface area (TPSA) is 82.2 Å². The van der Waals surface area contributed by atoms with Crippen molar-refractivity contribution in [3.63, 3.8) is 0 Å². The second-order valence-corrected chi connectivity index (χ2v) is 6.95. The van der Waals surface area contributed by atoms with Gasteiger partial charge in [0, 0.05) is 5.69 Å². The minimum Gasteiger partial charge on any atom is -0.467 e. The van der Waals surface area contributed by atoms with Gasteiger partial charge in [0.25, 0.3) is 0 Å². The molecule has 148 valence electrons. The standard InChI is InChI=1S/C17H15F3N4O3S/c1-11(28-16-23-21-10-24(16)9-14-3-2-8-26-14)15(25)22-12-4-6-13(7-5-12)27-17(18,19)20/h2-8,10-11H,9H2,1H3,(H,22,25). The molecule has 3 rings (SSSR count). The Morgan fingerprint density at radius 3 is 2.71 bits per heavy atom. The number of benzene rings is 1. The van der Waals surface area contributed by atoms with Gasteiger partial charge in [0.15, 0.2) is 5.16 Å². The SMILES string of the molecule is CC(Sc1nncn1Cc1ccco1)C(=O)Nc1ccc(OC(F)(F)F)cc1. The van der Waals surface area contributed by atoms with Gasteiger partial charge < -0.3 is 19.0 Å². The predicted molar refractivity (Wildman–Crippen MR) is 94.9 cm³/mol. The first kappa shape index (κ1) is 19.8. The van der Waals surface area contributed by atoms with E-state index >= 15 is 0 Å². The number of hydrogen-bond donors (Lipinski definition) is 1. The molecule has 1 N–H and O–H groups in total. The zero-order chi connectivity index (χ0) is 20.1. The van der Waals surface area contributed by atoms with Crippen molar-refractivity contribution in [2.24, 2.45) is 0 Å². The van der Waals surface area contributed by atoms with E-state index in [9.17, 15) is 18.0 Å². The Bertz CT molecular complexity index is 911. The van der Waals surface area contributed by atoms with Gasteiger partial charge in [-0.1, -0.05) is 11.8 Å². The molecule has 0 radical (unpaired) electrons. The van der Waals surface area contributed by atoms with Gasteiger partial charge in [-0.3, -0.25) is 4.79 Å². The molecule has 1 unspecified atom stereocenters. The summed E-state index contributed by atoms with van der Waals surface area (Å²) >= 11 is 1.20. The fourth-order valence-corrected chi connectivity index (χ4v) is 3.03. The van der Waals surface area contributed by atoms with Crippen LogP contribution in [0.5, 0.6) is 5.75 Å². The first-order valence-corrected chi connectivity index (χ1v) is 8.91. The minimum absolute atomic E-state index is 0.331. The maximum absolute atomic E-state index is 12.4. The van der Waals surface area contributed by atoms with Crippen LogP contribution in [-0.2, 0) is 11.3 Å². The summed E-state index contributed by atoms with van der Waals surface area (Å²) in [7, 11) is 0. The smallest absolute Gasteiger partial charge is 0.467 e. The molecule has 1 aromatic carbocycles. The second kappa shape index (κ2) is 8.38. The Labute approximate surface area is 161 Å². The molecule has 0 saturated heterocycles. The number of furan rings is 1. The molecule has 0 fully saturated rings. The van der Waals surface area contributed by atoms with Crippen LogP contribution in [0.3, 0.4) is 0 Å². The van der Waals surface area contributed by atoms with Gasteiger partial charge in [0.1, 0.15) is 17.8 Å². The zero-order valence-corrected chi connectivity index (χ0v) is 15.3. The van der Waals surface area contributed by atoms with E-state index in [1.54, 1.807) is 23.8 Å². The molecule has 2 heterocycles. The normalized spacial score (nSPS) is 12.6. The molecule has 0 spiro atoms. The van der Waals surface area contributed by atoms with Crippen molar-refractivity contribution in [3.8, 4) is 5.75 Å². The third-order valence-corrected chi connectivity index (χ3v) is 4.59. The maximum atomic E-state index is 12.4. The van der Waals surface area contributed by atoms with Gasteiger partial charge in [-0.15, -0.1) is 23.4 Å². The monoisotopic (exact) mass is 412 g/mol. The molecule has 0 aliphatic rings. The maximum Gasteiger partial charge on any atom is 0.573 e. The van der Waals surface area contributed by atoms with Gasteiger partial charge in [0.05, 0.1) is 18.1 Å². The van der Waals surface area contributed by atoms with Crippen LogP contribution in [-0.4, -0.2) is 32.3 Å².